The fourth-order valence-corrected chi connectivity index (χ4v) is 3.06. The van der Waals surface area contributed by atoms with E-state index in [-0.39, 0.29) is 18.3 Å². The third-order valence-corrected chi connectivity index (χ3v) is 4.52. The van der Waals surface area contributed by atoms with Gasteiger partial charge in [0, 0.05) is 24.3 Å². The van der Waals surface area contributed by atoms with E-state index in [2.05, 4.69) is 18.6 Å². The minimum Gasteiger partial charge on any atom is -0.434 e. The van der Waals surface area contributed by atoms with E-state index in [1.54, 1.807) is 28.0 Å². The summed E-state index contributed by atoms with van der Waals surface area (Å²) in [5.41, 5.74) is 2.63. The van der Waals surface area contributed by atoms with Gasteiger partial charge in [-0.2, -0.15) is 8.78 Å². The van der Waals surface area contributed by atoms with Gasteiger partial charge in [-0.15, -0.1) is 0 Å². The van der Waals surface area contributed by atoms with Crippen molar-refractivity contribution in [3.8, 4) is 5.75 Å². The molecular weight excluding hydrogens is 338 g/mol. The van der Waals surface area contributed by atoms with Crippen molar-refractivity contribution in [1.82, 2.24) is 4.90 Å². The molecule has 2 amide bonds. The van der Waals surface area contributed by atoms with Crippen LogP contribution >= 0.6 is 0 Å². The molecule has 1 fully saturated rings. The molecule has 0 unspecified atom stereocenters. The molecule has 1 saturated heterocycles. The zero-order valence-corrected chi connectivity index (χ0v) is 14.9. The number of rotatable bonds is 6. The molecule has 6 heteroatoms. The highest BCUT2D eigenvalue weighted by molar-refractivity contribution is 5.94. The quantitative estimate of drug-likeness (QED) is 0.737. The third kappa shape index (κ3) is 3.95. The van der Waals surface area contributed by atoms with Gasteiger partial charge in [0.1, 0.15) is 5.75 Å². The van der Waals surface area contributed by atoms with Crippen LogP contribution in [-0.2, 0) is 6.54 Å². The molecule has 2 aromatic rings. The Labute approximate surface area is 152 Å². The maximum absolute atomic E-state index is 12.7. The van der Waals surface area contributed by atoms with E-state index in [4.69, 9.17) is 0 Å². The van der Waals surface area contributed by atoms with Crippen LogP contribution in [0.1, 0.15) is 30.9 Å². The molecule has 0 spiro atoms. The standard InChI is InChI=1S/C20H22F2N2O2/c1-14(2)15-7-9-17(10-8-15)24-12-11-23(20(24)25)13-16-5-3-4-6-18(16)26-19(21)22/h3-10,14,19H,11-13H2,1-2H3. The molecule has 0 atom stereocenters. The van der Waals surface area contributed by atoms with Crippen LogP contribution in [0, 0.1) is 0 Å². The molecule has 2 aromatic carbocycles. The smallest absolute Gasteiger partial charge is 0.387 e. The number of nitrogens with zero attached hydrogens (tertiary/aromatic N) is 2. The summed E-state index contributed by atoms with van der Waals surface area (Å²) < 4.78 is 29.7. The molecule has 1 aliphatic rings. The molecule has 26 heavy (non-hydrogen) atoms. The van der Waals surface area contributed by atoms with Gasteiger partial charge in [0.2, 0.25) is 0 Å². The highest BCUT2D eigenvalue weighted by Crippen LogP contribution is 2.27. The van der Waals surface area contributed by atoms with E-state index >= 15 is 0 Å². The second-order valence-corrected chi connectivity index (χ2v) is 6.59. The van der Waals surface area contributed by atoms with Crippen LogP contribution in [0.15, 0.2) is 48.5 Å². The lowest BCUT2D eigenvalue weighted by Crippen LogP contribution is -2.31. The molecular formula is C20H22F2N2O2. The monoisotopic (exact) mass is 360 g/mol. The van der Waals surface area contributed by atoms with Crippen LogP contribution < -0.4 is 9.64 Å². The average Bonchev–Trinajstić information content (AvgIpc) is 2.97. The van der Waals surface area contributed by atoms with Crippen molar-refractivity contribution in [3.05, 3.63) is 59.7 Å². The van der Waals surface area contributed by atoms with Gasteiger partial charge in [-0.1, -0.05) is 44.2 Å². The average molecular weight is 360 g/mol. The van der Waals surface area contributed by atoms with E-state index in [1.165, 1.54) is 11.6 Å². The first-order valence-electron chi connectivity index (χ1n) is 8.65. The lowest BCUT2D eigenvalue weighted by atomic mass is 10.0. The Morgan fingerprint density at radius 1 is 1.04 bits per heavy atom. The van der Waals surface area contributed by atoms with Gasteiger partial charge in [-0.25, -0.2) is 4.79 Å². The van der Waals surface area contributed by atoms with Crippen LogP contribution in [0.3, 0.4) is 0 Å². The van der Waals surface area contributed by atoms with Gasteiger partial charge in [-0.05, 0) is 29.7 Å². The molecule has 0 saturated carbocycles. The van der Waals surface area contributed by atoms with Crippen LogP contribution in [0.2, 0.25) is 0 Å². The zero-order chi connectivity index (χ0) is 18.7. The number of para-hydroxylation sites is 1. The van der Waals surface area contributed by atoms with Gasteiger partial charge < -0.3 is 9.64 Å². The van der Waals surface area contributed by atoms with Crippen molar-refractivity contribution >= 4 is 11.7 Å². The van der Waals surface area contributed by atoms with Crippen molar-refractivity contribution in [1.29, 1.82) is 0 Å². The largest absolute Gasteiger partial charge is 0.434 e. The number of halogens is 2. The summed E-state index contributed by atoms with van der Waals surface area (Å²) in [5.74, 6) is 0.538. The molecule has 0 aliphatic carbocycles. The van der Waals surface area contributed by atoms with Gasteiger partial charge in [-0.3, -0.25) is 4.90 Å². The maximum atomic E-state index is 12.7. The van der Waals surface area contributed by atoms with Gasteiger partial charge in [0.05, 0.1) is 6.54 Å². The zero-order valence-electron chi connectivity index (χ0n) is 14.9. The molecule has 3 rings (SSSR count). The normalized spacial score (nSPS) is 14.6. The first-order valence-corrected chi connectivity index (χ1v) is 8.65. The number of benzene rings is 2. The lowest BCUT2D eigenvalue weighted by Gasteiger charge is -2.20. The number of hydrogen-bond donors (Lipinski definition) is 0. The summed E-state index contributed by atoms with van der Waals surface area (Å²) >= 11 is 0. The third-order valence-electron chi connectivity index (χ3n) is 4.52. The number of urea groups is 1. The van der Waals surface area contributed by atoms with Crippen LogP contribution in [-0.4, -0.2) is 30.6 Å². The minimum absolute atomic E-state index is 0.107. The number of anilines is 1. The minimum atomic E-state index is -2.89. The van der Waals surface area contributed by atoms with Crippen molar-refractivity contribution in [2.24, 2.45) is 0 Å². The van der Waals surface area contributed by atoms with E-state index in [0.29, 0.717) is 24.6 Å². The predicted octanol–water partition coefficient (Wildman–Crippen LogP) is 4.85. The highest BCUT2D eigenvalue weighted by atomic mass is 19.3. The number of alkyl halides is 2. The first kappa shape index (κ1) is 18.2. The van der Waals surface area contributed by atoms with E-state index in [1.807, 2.05) is 24.3 Å². The number of hydrogen-bond acceptors (Lipinski definition) is 2. The Kier molecular flexibility index (Phi) is 5.40. The fourth-order valence-electron chi connectivity index (χ4n) is 3.06. The van der Waals surface area contributed by atoms with E-state index in [0.717, 1.165) is 5.69 Å². The Morgan fingerprint density at radius 3 is 2.38 bits per heavy atom. The van der Waals surface area contributed by atoms with E-state index in [9.17, 15) is 13.6 Å². The van der Waals surface area contributed by atoms with Crippen molar-refractivity contribution in [3.63, 3.8) is 0 Å². The first-order chi connectivity index (χ1) is 12.5. The number of carbonyl (C=O) groups excluding carboxylic acids is 1. The summed E-state index contributed by atoms with van der Waals surface area (Å²) in [7, 11) is 0. The second kappa shape index (κ2) is 7.72. The summed E-state index contributed by atoms with van der Waals surface area (Å²) in [5, 5.41) is 0. The molecule has 0 aromatic heterocycles. The number of ether oxygens (including phenoxy) is 1. The second-order valence-electron chi connectivity index (χ2n) is 6.59. The fraction of sp³-hybridized carbons (Fsp3) is 0.350. The van der Waals surface area contributed by atoms with Gasteiger partial charge in [0.25, 0.3) is 0 Å². The molecule has 0 radical (unpaired) electrons. The molecule has 0 N–H and O–H groups in total. The molecule has 1 aliphatic heterocycles. The van der Waals surface area contributed by atoms with Gasteiger partial charge >= 0.3 is 12.6 Å². The molecule has 0 bridgehead atoms. The maximum Gasteiger partial charge on any atom is 0.387 e. The van der Waals surface area contributed by atoms with E-state index < -0.39 is 6.61 Å². The Bertz CT molecular complexity index is 763. The lowest BCUT2D eigenvalue weighted by molar-refractivity contribution is -0.0506. The number of amides is 2. The predicted molar refractivity (Wildman–Crippen MR) is 96.8 cm³/mol. The molecule has 138 valence electrons. The molecule has 4 nitrogen and oxygen atoms in total. The van der Waals surface area contributed by atoms with Crippen molar-refractivity contribution in [2.45, 2.75) is 32.9 Å². The Morgan fingerprint density at radius 2 is 1.73 bits per heavy atom. The summed E-state index contributed by atoms with van der Waals surface area (Å²) in [6.45, 7) is 2.70. The molecule has 1 heterocycles. The summed E-state index contributed by atoms with van der Waals surface area (Å²) in [6.07, 6.45) is 0. The van der Waals surface area contributed by atoms with Crippen LogP contribution in [0.5, 0.6) is 5.75 Å². The van der Waals surface area contributed by atoms with Crippen LogP contribution in [0.4, 0.5) is 19.3 Å². The summed E-state index contributed by atoms with van der Waals surface area (Å²) in [6, 6.07) is 14.4. The van der Waals surface area contributed by atoms with Crippen molar-refractivity contribution in [2.75, 3.05) is 18.0 Å². The Balaban J connectivity index is 1.72. The number of carbonyl (C=O) groups is 1. The highest BCUT2D eigenvalue weighted by Gasteiger charge is 2.30. The Hall–Kier alpha value is -2.63. The summed E-state index contributed by atoms with van der Waals surface area (Å²) in [4.78, 5) is 16.1. The SMILES string of the molecule is CC(C)c1ccc(N2CCN(Cc3ccccc3OC(F)F)C2=O)cc1. The van der Waals surface area contributed by atoms with Crippen molar-refractivity contribution < 1.29 is 18.3 Å². The topological polar surface area (TPSA) is 32.8 Å². The van der Waals surface area contributed by atoms with Gasteiger partial charge in [0.15, 0.2) is 0 Å². The van der Waals surface area contributed by atoms with Crippen LogP contribution in [0.25, 0.3) is 0 Å².